The highest BCUT2D eigenvalue weighted by atomic mass is 16.5. The van der Waals surface area contributed by atoms with Gasteiger partial charge in [-0.1, -0.05) is 56.3 Å². The summed E-state index contributed by atoms with van der Waals surface area (Å²) in [5, 5.41) is 0.779. The van der Waals surface area contributed by atoms with Crippen molar-refractivity contribution >= 4 is 10.9 Å². The smallest absolute Gasteiger partial charge is 0.294 e. The number of aromatic amines is 1. The van der Waals surface area contributed by atoms with Crippen LogP contribution in [-0.4, -0.2) is 18.2 Å². The maximum atomic E-state index is 12.5. The van der Waals surface area contributed by atoms with Crippen molar-refractivity contribution in [2.45, 2.75) is 26.4 Å². The van der Waals surface area contributed by atoms with Gasteiger partial charge in [-0.05, 0) is 24.1 Å². The lowest BCUT2D eigenvalue weighted by molar-refractivity contribution is 0.280. The van der Waals surface area contributed by atoms with Crippen LogP contribution < -0.4 is 19.8 Å². The molecular formula is C23H25NO4. The van der Waals surface area contributed by atoms with Crippen LogP contribution in [0.1, 0.15) is 25.3 Å². The number of hydrogen-bond donors (Lipinski definition) is 1. The number of pyridine rings is 1. The second-order valence-electron chi connectivity index (χ2n) is 6.40. The zero-order valence-corrected chi connectivity index (χ0v) is 16.1. The Morgan fingerprint density at radius 3 is 2.61 bits per heavy atom. The number of H-pyrrole nitrogens is 1. The highest BCUT2D eigenvalue weighted by molar-refractivity contribution is 5.88. The fraction of sp³-hybridized carbons (Fsp3) is 0.261. The molecule has 28 heavy (non-hydrogen) atoms. The highest BCUT2D eigenvalue weighted by Gasteiger charge is 2.16. The second kappa shape index (κ2) is 9.65. The van der Waals surface area contributed by atoms with Gasteiger partial charge in [0.2, 0.25) is 5.75 Å². The maximum absolute atomic E-state index is 12.5. The number of unbranched alkanes of at least 4 members (excludes halogenated alkanes) is 1. The van der Waals surface area contributed by atoms with Crippen molar-refractivity contribution in [1.29, 1.82) is 0 Å². The molecule has 3 aromatic rings. The molecule has 0 radical (unpaired) electrons. The van der Waals surface area contributed by atoms with Crippen molar-refractivity contribution in [3.8, 4) is 17.2 Å². The molecule has 0 saturated carbocycles. The zero-order chi connectivity index (χ0) is 19.8. The average Bonchev–Trinajstić information content (AvgIpc) is 2.72. The summed E-state index contributed by atoms with van der Waals surface area (Å²) in [5.74, 6) is 1.32. The first-order valence-corrected chi connectivity index (χ1v) is 9.46. The largest absolute Gasteiger partial charge is 0.489 e. The Balaban J connectivity index is 1.91. The Hall–Kier alpha value is -3.21. The van der Waals surface area contributed by atoms with Crippen LogP contribution in [0.4, 0.5) is 0 Å². The molecule has 0 fully saturated rings. The first kappa shape index (κ1) is 19.5. The Bertz CT molecular complexity index is 979. The number of nitrogens with one attached hydrogen (secondary N) is 1. The number of ether oxygens (including phenoxy) is 3. The molecule has 3 rings (SSSR count). The molecule has 5 heteroatoms. The molecule has 0 aliphatic carbocycles. The molecule has 0 bridgehead atoms. The topological polar surface area (TPSA) is 60.6 Å². The number of fused-ring (bicyclic) bond motifs is 1. The Labute approximate surface area is 164 Å². The van der Waals surface area contributed by atoms with E-state index in [1.165, 1.54) is 0 Å². The summed E-state index contributed by atoms with van der Waals surface area (Å²) in [5.41, 5.74) is 1.39. The fourth-order valence-electron chi connectivity index (χ4n) is 2.80. The minimum Gasteiger partial charge on any atom is -0.489 e. The lowest BCUT2D eigenvalue weighted by Crippen LogP contribution is -2.14. The van der Waals surface area contributed by atoms with Gasteiger partial charge in [-0.25, -0.2) is 0 Å². The van der Waals surface area contributed by atoms with Crippen molar-refractivity contribution in [3.05, 3.63) is 77.1 Å². The number of rotatable bonds is 10. The minimum absolute atomic E-state index is 0.182. The molecule has 0 saturated heterocycles. The Morgan fingerprint density at radius 1 is 1.04 bits per heavy atom. The van der Waals surface area contributed by atoms with E-state index in [0.717, 1.165) is 23.8 Å². The predicted octanol–water partition coefficient (Wildman–Crippen LogP) is 4.85. The van der Waals surface area contributed by atoms with Gasteiger partial charge < -0.3 is 19.2 Å². The van der Waals surface area contributed by atoms with E-state index in [2.05, 4.69) is 18.5 Å². The fourth-order valence-corrected chi connectivity index (χ4v) is 2.80. The van der Waals surface area contributed by atoms with E-state index in [-0.39, 0.29) is 17.9 Å². The van der Waals surface area contributed by atoms with Crippen LogP contribution in [-0.2, 0) is 6.61 Å². The van der Waals surface area contributed by atoms with Crippen LogP contribution in [0.2, 0.25) is 0 Å². The molecule has 1 N–H and O–H groups in total. The third-order valence-electron chi connectivity index (χ3n) is 4.23. The van der Waals surface area contributed by atoms with Crippen LogP contribution in [0, 0.1) is 0 Å². The van der Waals surface area contributed by atoms with Crippen LogP contribution in [0.5, 0.6) is 17.2 Å². The van der Waals surface area contributed by atoms with E-state index in [4.69, 9.17) is 14.2 Å². The summed E-state index contributed by atoms with van der Waals surface area (Å²) < 4.78 is 17.4. The van der Waals surface area contributed by atoms with Gasteiger partial charge in [0, 0.05) is 11.5 Å². The predicted molar refractivity (Wildman–Crippen MR) is 111 cm³/mol. The summed E-state index contributed by atoms with van der Waals surface area (Å²) in [6.07, 6.45) is 3.49. The monoisotopic (exact) mass is 379 g/mol. The van der Waals surface area contributed by atoms with Gasteiger partial charge in [-0.3, -0.25) is 4.79 Å². The van der Waals surface area contributed by atoms with Crippen LogP contribution in [0.3, 0.4) is 0 Å². The number of aromatic nitrogens is 1. The molecule has 0 amide bonds. The molecule has 146 valence electrons. The molecule has 1 aromatic heterocycles. The molecule has 0 unspecified atom stereocenters. The lowest BCUT2D eigenvalue weighted by Gasteiger charge is -2.14. The van der Waals surface area contributed by atoms with Gasteiger partial charge in [0.25, 0.3) is 5.56 Å². The molecule has 0 aliphatic heterocycles. The molecule has 5 nitrogen and oxygen atoms in total. The van der Waals surface area contributed by atoms with Gasteiger partial charge in [-0.15, -0.1) is 0 Å². The quantitative estimate of drug-likeness (QED) is 0.404. The normalized spacial score (nSPS) is 10.6. The average molecular weight is 379 g/mol. The molecule has 2 aromatic carbocycles. The molecule has 0 aliphatic rings. The van der Waals surface area contributed by atoms with E-state index in [0.29, 0.717) is 30.2 Å². The number of hydrogen-bond acceptors (Lipinski definition) is 4. The van der Waals surface area contributed by atoms with Crippen molar-refractivity contribution < 1.29 is 14.2 Å². The van der Waals surface area contributed by atoms with Crippen molar-refractivity contribution in [1.82, 2.24) is 4.98 Å². The second-order valence-corrected chi connectivity index (χ2v) is 6.40. The van der Waals surface area contributed by atoms with Crippen LogP contribution in [0.15, 0.2) is 66.0 Å². The van der Waals surface area contributed by atoms with E-state index < -0.39 is 0 Å². The van der Waals surface area contributed by atoms with E-state index in [1.807, 2.05) is 48.5 Å². The third-order valence-corrected chi connectivity index (χ3v) is 4.23. The van der Waals surface area contributed by atoms with E-state index in [1.54, 1.807) is 6.08 Å². The third kappa shape index (κ3) is 4.74. The SMILES string of the molecule is C=CCOc1c(OCCCC)c2ccc(OCc3ccccc3)cc2[nH]c1=O. The Morgan fingerprint density at radius 2 is 1.86 bits per heavy atom. The molecule has 1 heterocycles. The first-order chi connectivity index (χ1) is 13.7. The van der Waals surface area contributed by atoms with Gasteiger partial charge >= 0.3 is 0 Å². The summed E-state index contributed by atoms with van der Waals surface area (Å²) >= 11 is 0. The molecule has 0 atom stereocenters. The summed E-state index contributed by atoms with van der Waals surface area (Å²) in [6, 6.07) is 15.5. The zero-order valence-electron chi connectivity index (χ0n) is 16.1. The van der Waals surface area contributed by atoms with E-state index >= 15 is 0 Å². The van der Waals surface area contributed by atoms with Crippen LogP contribution in [0.25, 0.3) is 10.9 Å². The highest BCUT2D eigenvalue weighted by Crippen LogP contribution is 2.33. The summed E-state index contributed by atoms with van der Waals surface area (Å²) in [7, 11) is 0. The van der Waals surface area contributed by atoms with E-state index in [9.17, 15) is 4.79 Å². The van der Waals surface area contributed by atoms with Gasteiger partial charge in [0.05, 0.1) is 12.1 Å². The van der Waals surface area contributed by atoms with Crippen molar-refractivity contribution in [3.63, 3.8) is 0 Å². The molecular weight excluding hydrogens is 354 g/mol. The Kier molecular flexibility index (Phi) is 6.73. The first-order valence-electron chi connectivity index (χ1n) is 9.46. The van der Waals surface area contributed by atoms with Crippen LogP contribution >= 0.6 is 0 Å². The van der Waals surface area contributed by atoms with Crippen molar-refractivity contribution in [2.24, 2.45) is 0 Å². The molecule has 0 spiro atoms. The maximum Gasteiger partial charge on any atom is 0.294 e. The van der Waals surface area contributed by atoms with Gasteiger partial charge in [-0.2, -0.15) is 0 Å². The lowest BCUT2D eigenvalue weighted by atomic mass is 10.2. The van der Waals surface area contributed by atoms with Gasteiger partial charge in [0.1, 0.15) is 19.0 Å². The number of benzene rings is 2. The summed E-state index contributed by atoms with van der Waals surface area (Å²) in [6.45, 7) is 6.93. The minimum atomic E-state index is -0.332. The van der Waals surface area contributed by atoms with Crippen molar-refractivity contribution in [2.75, 3.05) is 13.2 Å². The van der Waals surface area contributed by atoms with Gasteiger partial charge in [0.15, 0.2) is 5.75 Å². The summed E-state index contributed by atoms with van der Waals surface area (Å²) in [4.78, 5) is 15.4. The standard InChI is InChI=1S/C23H25NO4/c1-3-5-14-27-21-19-12-11-18(28-16-17-9-7-6-8-10-17)15-20(19)24-23(25)22(21)26-13-4-2/h4,6-12,15H,2-3,5,13-14,16H2,1H3,(H,24,25).